The van der Waals surface area contributed by atoms with Crippen molar-refractivity contribution in [2.45, 2.75) is 12.8 Å². The fourth-order valence-corrected chi connectivity index (χ4v) is 3.22. The van der Waals surface area contributed by atoms with Gasteiger partial charge in [-0.3, -0.25) is 9.38 Å². The Labute approximate surface area is 178 Å². The Hall–Kier alpha value is -4.15. The molecule has 162 valence electrons. The third-order valence-corrected chi connectivity index (χ3v) is 4.82. The maximum absolute atomic E-state index is 12.8. The van der Waals surface area contributed by atoms with Gasteiger partial charge in [-0.2, -0.15) is 13.2 Å². The molecule has 32 heavy (non-hydrogen) atoms. The number of pyridine rings is 2. The third kappa shape index (κ3) is 3.57. The van der Waals surface area contributed by atoms with Crippen LogP contribution in [0.25, 0.3) is 27.9 Å². The van der Waals surface area contributed by atoms with Crippen molar-refractivity contribution in [1.29, 1.82) is 0 Å². The monoisotopic (exact) mass is 441 g/mol. The average molecular weight is 441 g/mol. The van der Waals surface area contributed by atoms with E-state index in [0.29, 0.717) is 34.1 Å². The molecule has 0 bridgehead atoms. The first-order valence-corrected chi connectivity index (χ1v) is 9.36. The van der Waals surface area contributed by atoms with E-state index in [1.54, 1.807) is 48.2 Å². The minimum Gasteiger partial charge on any atom is -0.497 e. The number of benzene rings is 1. The highest BCUT2D eigenvalue weighted by molar-refractivity contribution is 5.85. The zero-order valence-electron chi connectivity index (χ0n) is 16.5. The zero-order valence-corrected chi connectivity index (χ0v) is 16.5. The van der Waals surface area contributed by atoms with E-state index in [1.807, 2.05) is 12.1 Å². The van der Waals surface area contributed by atoms with Crippen molar-refractivity contribution in [1.82, 2.24) is 24.7 Å². The second kappa shape index (κ2) is 7.52. The number of halogens is 3. The highest BCUT2D eigenvalue weighted by Crippen LogP contribution is 2.32. The van der Waals surface area contributed by atoms with Crippen LogP contribution in [0.3, 0.4) is 0 Å². The van der Waals surface area contributed by atoms with Crippen molar-refractivity contribution in [3.8, 4) is 22.8 Å². The van der Waals surface area contributed by atoms with Crippen molar-refractivity contribution < 1.29 is 27.2 Å². The lowest BCUT2D eigenvalue weighted by molar-refractivity contribution is -0.142. The third-order valence-electron chi connectivity index (χ3n) is 4.82. The van der Waals surface area contributed by atoms with E-state index in [-0.39, 0.29) is 12.4 Å². The lowest BCUT2D eigenvalue weighted by atomic mass is 10.2. The summed E-state index contributed by atoms with van der Waals surface area (Å²) in [5.74, 6) is 1.71. The number of fused-ring (bicyclic) bond motifs is 2. The molecule has 0 N–H and O–H groups in total. The highest BCUT2D eigenvalue weighted by Gasteiger charge is 2.35. The summed E-state index contributed by atoms with van der Waals surface area (Å²) in [5, 5.41) is 12.1. The van der Waals surface area contributed by atoms with Crippen molar-refractivity contribution in [3.63, 3.8) is 0 Å². The van der Waals surface area contributed by atoms with Crippen molar-refractivity contribution >= 4 is 16.6 Å². The Morgan fingerprint density at radius 2 is 1.94 bits per heavy atom. The minimum atomic E-state index is -4.58. The van der Waals surface area contributed by atoms with Gasteiger partial charge in [0, 0.05) is 35.5 Å². The molecule has 0 fully saturated rings. The molecule has 4 heterocycles. The summed E-state index contributed by atoms with van der Waals surface area (Å²) in [4.78, 5) is 4.32. The number of hydrogen-bond donors (Lipinski definition) is 0. The largest absolute Gasteiger partial charge is 0.497 e. The standard InChI is InChI=1S/C21H14F3N5O3/c1-30-13-3-4-14-15(8-13)25-7-6-16(14)31-11-20-27-26-19-5-2-12(10-29(19)20)17-9-18(28-32-17)21(22,23)24/h2-10H,11H2,1H3. The average Bonchev–Trinajstić information content (AvgIpc) is 3.44. The van der Waals surface area contributed by atoms with E-state index < -0.39 is 11.9 Å². The van der Waals surface area contributed by atoms with E-state index in [2.05, 4.69) is 20.3 Å². The smallest absolute Gasteiger partial charge is 0.436 e. The highest BCUT2D eigenvalue weighted by atomic mass is 19.4. The summed E-state index contributed by atoms with van der Waals surface area (Å²) in [5.41, 5.74) is 0.511. The molecule has 0 aliphatic heterocycles. The quantitative estimate of drug-likeness (QED) is 0.396. The Morgan fingerprint density at radius 1 is 1.06 bits per heavy atom. The van der Waals surface area contributed by atoms with Gasteiger partial charge in [0.1, 0.15) is 18.1 Å². The van der Waals surface area contributed by atoms with Gasteiger partial charge in [-0.25, -0.2) is 0 Å². The van der Waals surface area contributed by atoms with Crippen LogP contribution in [0.15, 0.2) is 59.4 Å². The van der Waals surface area contributed by atoms with Crippen molar-refractivity contribution in [2.75, 3.05) is 7.11 Å². The minimum absolute atomic E-state index is 0.0196. The SMILES string of the molecule is COc1ccc2c(OCc3nnc4ccc(-c5cc(C(F)(F)F)no5)cn34)ccnc2c1. The van der Waals surface area contributed by atoms with Crippen LogP contribution in [0.1, 0.15) is 11.5 Å². The lowest BCUT2D eigenvalue weighted by Gasteiger charge is -2.09. The molecule has 0 unspecified atom stereocenters. The first-order valence-electron chi connectivity index (χ1n) is 9.36. The van der Waals surface area contributed by atoms with Crippen molar-refractivity contribution in [2.24, 2.45) is 0 Å². The summed E-state index contributed by atoms with van der Waals surface area (Å²) in [6, 6.07) is 11.2. The molecule has 0 spiro atoms. The number of alkyl halides is 3. The molecule has 0 aliphatic rings. The van der Waals surface area contributed by atoms with Gasteiger partial charge >= 0.3 is 6.18 Å². The Bertz CT molecular complexity index is 1430. The predicted molar refractivity (Wildman–Crippen MR) is 106 cm³/mol. The van der Waals surface area contributed by atoms with E-state index in [1.165, 1.54) is 0 Å². The van der Waals surface area contributed by atoms with Crippen molar-refractivity contribution in [3.05, 3.63) is 66.4 Å². The van der Waals surface area contributed by atoms with Gasteiger partial charge in [0.2, 0.25) is 0 Å². The van der Waals surface area contributed by atoms with Crippen LogP contribution < -0.4 is 9.47 Å². The number of methoxy groups -OCH3 is 1. The Balaban J connectivity index is 1.44. The molecule has 0 saturated heterocycles. The van der Waals surface area contributed by atoms with Gasteiger partial charge in [0.15, 0.2) is 22.9 Å². The van der Waals surface area contributed by atoms with Crippen LogP contribution in [0.4, 0.5) is 13.2 Å². The molecule has 0 atom stereocenters. The van der Waals surface area contributed by atoms with E-state index in [4.69, 9.17) is 14.0 Å². The summed E-state index contributed by atoms with van der Waals surface area (Å²) in [6.45, 7) is 0.0694. The van der Waals surface area contributed by atoms with Crippen LogP contribution in [-0.4, -0.2) is 31.8 Å². The molecule has 0 radical (unpaired) electrons. The maximum Gasteiger partial charge on any atom is 0.436 e. The van der Waals surface area contributed by atoms with Crippen LogP contribution in [0.5, 0.6) is 11.5 Å². The van der Waals surface area contributed by atoms with Crippen LogP contribution in [0, 0.1) is 0 Å². The van der Waals surface area contributed by atoms with Gasteiger partial charge < -0.3 is 14.0 Å². The first kappa shape index (κ1) is 19.8. The number of nitrogens with zero attached hydrogens (tertiary/aromatic N) is 5. The molecule has 5 aromatic rings. The predicted octanol–water partition coefficient (Wildman–Crippen LogP) is 4.54. The molecule has 0 saturated carbocycles. The second-order valence-corrected chi connectivity index (χ2v) is 6.82. The molecule has 4 aromatic heterocycles. The van der Waals surface area contributed by atoms with Crippen LogP contribution in [0.2, 0.25) is 0 Å². The first-order chi connectivity index (χ1) is 15.4. The molecule has 11 heteroatoms. The normalized spacial score (nSPS) is 11.9. The molecule has 1 aromatic carbocycles. The number of rotatable bonds is 5. The molecule has 0 amide bonds. The van der Waals surface area contributed by atoms with Gasteiger partial charge in [0.05, 0.1) is 12.6 Å². The number of ether oxygens (including phenoxy) is 2. The fraction of sp³-hybridized carbons (Fsp3) is 0.143. The summed E-state index contributed by atoms with van der Waals surface area (Å²) < 4.78 is 56.1. The molecular weight excluding hydrogens is 427 g/mol. The molecular formula is C21H14F3N5O3. The van der Waals surface area contributed by atoms with E-state index in [0.717, 1.165) is 11.5 Å². The number of hydrogen-bond acceptors (Lipinski definition) is 7. The van der Waals surface area contributed by atoms with Gasteiger partial charge in [-0.05, 0) is 30.3 Å². The van der Waals surface area contributed by atoms with Crippen LogP contribution >= 0.6 is 0 Å². The van der Waals surface area contributed by atoms with Gasteiger partial charge in [-0.1, -0.05) is 5.16 Å². The summed E-state index contributed by atoms with van der Waals surface area (Å²) >= 11 is 0. The van der Waals surface area contributed by atoms with Gasteiger partial charge in [0.25, 0.3) is 0 Å². The molecule has 5 rings (SSSR count). The maximum atomic E-state index is 12.8. The summed E-state index contributed by atoms with van der Waals surface area (Å²) in [7, 11) is 1.58. The Kier molecular flexibility index (Phi) is 4.65. The topological polar surface area (TPSA) is 87.6 Å². The molecule has 0 aliphatic carbocycles. The summed E-state index contributed by atoms with van der Waals surface area (Å²) in [6.07, 6.45) is -1.39. The van der Waals surface area contributed by atoms with E-state index in [9.17, 15) is 13.2 Å². The Morgan fingerprint density at radius 3 is 2.72 bits per heavy atom. The van der Waals surface area contributed by atoms with Gasteiger partial charge in [-0.15, -0.1) is 10.2 Å². The second-order valence-electron chi connectivity index (χ2n) is 6.82. The lowest BCUT2D eigenvalue weighted by Crippen LogP contribution is -2.04. The molecule has 8 nitrogen and oxygen atoms in total. The fourth-order valence-electron chi connectivity index (χ4n) is 3.22. The zero-order chi connectivity index (χ0) is 22.3. The van der Waals surface area contributed by atoms with E-state index >= 15 is 0 Å². The number of aromatic nitrogens is 5. The van der Waals surface area contributed by atoms with Crippen LogP contribution in [-0.2, 0) is 12.8 Å².